The molecule has 0 rings (SSSR count). The maximum atomic E-state index is 13.0. The lowest BCUT2D eigenvalue weighted by atomic mass is 10.0. The highest BCUT2D eigenvalue weighted by atomic mass is 16.7. The number of rotatable bonds is 91. The second kappa shape index (κ2) is 85.9. The maximum Gasteiger partial charge on any atom is 0.361 e. The van der Waals surface area contributed by atoms with E-state index >= 15 is 0 Å². The summed E-state index contributed by atoms with van der Waals surface area (Å²) in [5.41, 5.74) is 0. The average molecular weight is 1460 g/mol. The van der Waals surface area contributed by atoms with Crippen LogP contribution in [-0.4, -0.2) is 87.4 Å². The van der Waals surface area contributed by atoms with Crippen LogP contribution >= 0.6 is 0 Å². The summed E-state index contributed by atoms with van der Waals surface area (Å²) in [6, 6.07) is 0. The Bertz CT molecular complexity index is 1650. The molecule has 1 N–H and O–H groups in total. The van der Waals surface area contributed by atoms with Crippen LogP contribution in [-0.2, 0) is 33.3 Å². The normalized spacial score (nSPS) is 12.4. The Balaban J connectivity index is 3.84. The number of esters is 2. The number of hydrogen-bond acceptors (Lipinski definition) is 7. The molecule has 0 aromatic heterocycles. The first-order valence-corrected chi connectivity index (χ1v) is 47.2. The first-order valence-electron chi connectivity index (χ1n) is 47.2. The van der Waals surface area contributed by atoms with Crippen LogP contribution in [0.2, 0.25) is 0 Å². The molecule has 2 unspecified atom stereocenters. The van der Waals surface area contributed by atoms with E-state index in [0.717, 1.165) is 38.5 Å². The molecule has 0 fully saturated rings. The molecule has 0 heterocycles. The molecule has 103 heavy (non-hydrogen) atoms. The van der Waals surface area contributed by atoms with Crippen molar-refractivity contribution in [3.8, 4) is 0 Å². The predicted molar refractivity (Wildman–Crippen MR) is 448 cm³/mol. The minimum Gasteiger partial charge on any atom is -0.477 e. The number of carboxylic acids is 1. The number of ether oxygens (including phenoxy) is 4. The Hall–Kier alpha value is -1.71. The average Bonchev–Trinajstić information content (AvgIpc) is 1.06. The van der Waals surface area contributed by atoms with E-state index in [1.807, 2.05) is 21.1 Å². The fraction of sp³-hybridized carbons (Fsp3) is 0.968. The van der Waals surface area contributed by atoms with Gasteiger partial charge in [0.2, 0.25) is 0 Å². The van der Waals surface area contributed by atoms with Crippen LogP contribution in [0, 0.1) is 0 Å². The van der Waals surface area contributed by atoms with Gasteiger partial charge in [-0.2, -0.15) is 0 Å². The number of carboxylic acid groups (broad SMARTS) is 1. The van der Waals surface area contributed by atoms with Crippen LogP contribution in [0.1, 0.15) is 528 Å². The third-order valence-corrected chi connectivity index (χ3v) is 22.4. The number of likely N-dealkylation sites (N-methyl/N-ethyl adjacent to an activating group) is 1. The number of carbonyl (C=O) groups excluding carboxylic acids is 2. The van der Waals surface area contributed by atoms with Crippen molar-refractivity contribution in [1.82, 2.24) is 0 Å². The van der Waals surface area contributed by atoms with Gasteiger partial charge in [-0.05, 0) is 12.8 Å². The molecule has 0 saturated carbocycles. The van der Waals surface area contributed by atoms with Gasteiger partial charge in [0.05, 0.1) is 34.4 Å². The second-order valence-corrected chi connectivity index (χ2v) is 34.1. The third-order valence-electron chi connectivity index (χ3n) is 22.4. The molecule has 9 heteroatoms. The van der Waals surface area contributed by atoms with Crippen LogP contribution in [0.15, 0.2) is 0 Å². The fourth-order valence-electron chi connectivity index (χ4n) is 15.2. The third kappa shape index (κ3) is 87.4. The van der Waals surface area contributed by atoms with Crippen LogP contribution in [0.5, 0.6) is 0 Å². The van der Waals surface area contributed by atoms with E-state index in [-0.39, 0.29) is 38.2 Å². The quantitative estimate of drug-likeness (QED) is 0.0278. The van der Waals surface area contributed by atoms with E-state index in [1.165, 1.54) is 462 Å². The molecule has 0 aliphatic heterocycles. The van der Waals surface area contributed by atoms with Gasteiger partial charge in [0.15, 0.2) is 6.10 Å². The number of aliphatic carboxylic acids is 1. The smallest absolute Gasteiger partial charge is 0.361 e. The molecular formula is C94H186NO8+. The van der Waals surface area contributed by atoms with Gasteiger partial charge in [0, 0.05) is 12.8 Å². The van der Waals surface area contributed by atoms with Crippen molar-refractivity contribution in [3.05, 3.63) is 0 Å². The zero-order valence-electron chi connectivity index (χ0n) is 70.8. The lowest BCUT2D eigenvalue weighted by Gasteiger charge is -2.25. The molecule has 0 aliphatic rings. The molecule has 0 aliphatic carbocycles. The van der Waals surface area contributed by atoms with Crippen molar-refractivity contribution >= 4 is 17.9 Å². The molecule has 2 atom stereocenters. The molecule has 614 valence electrons. The number of unbranched alkanes of at least 4 members (excludes halogenated alkanes) is 76. The van der Waals surface area contributed by atoms with E-state index in [2.05, 4.69) is 13.8 Å². The SMILES string of the molecule is CCCCCCCCCCCCCCCCCCCCCCCCCCCCCCCCCCCCCCCCCC(=O)OCC(COC(OCC[N+](C)(C)C)C(=O)O)OC(=O)CCCCCCCCCCCCCCCCCCCCCCCCCCCCCCCCCCCCCCCCC. The van der Waals surface area contributed by atoms with Gasteiger partial charge < -0.3 is 28.5 Å². The summed E-state index contributed by atoms with van der Waals surface area (Å²) < 4.78 is 23.1. The molecule has 0 saturated heterocycles. The molecule has 0 aromatic carbocycles. The van der Waals surface area contributed by atoms with Gasteiger partial charge in [0.25, 0.3) is 6.29 Å². The van der Waals surface area contributed by atoms with E-state index in [9.17, 15) is 19.5 Å². The first-order chi connectivity index (χ1) is 50.6. The minimum atomic E-state index is -1.51. The van der Waals surface area contributed by atoms with Crippen molar-refractivity contribution in [2.45, 2.75) is 540 Å². The van der Waals surface area contributed by atoms with Crippen LogP contribution in [0.3, 0.4) is 0 Å². The van der Waals surface area contributed by atoms with E-state index < -0.39 is 18.4 Å². The summed E-state index contributed by atoms with van der Waals surface area (Å²) in [6.45, 7) is 5.00. The molecule has 0 aromatic rings. The molecule has 0 radical (unpaired) electrons. The maximum absolute atomic E-state index is 13.0. The van der Waals surface area contributed by atoms with E-state index in [4.69, 9.17) is 18.9 Å². The Labute approximate surface area is 644 Å². The number of quaternary nitrogens is 1. The largest absolute Gasteiger partial charge is 0.477 e. The lowest BCUT2D eigenvalue weighted by Crippen LogP contribution is -2.40. The number of nitrogens with zero attached hydrogens (tertiary/aromatic N) is 1. The van der Waals surface area contributed by atoms with Crippen LogP contribution < -0.4 is 0 Å². The number of hydrogen-bond donors (Lipinski definition) is 1. The Morgan fingerprint density at radius 3 is 0.621 bits per heavy atom. The van der Waals surface area contributed by atoms with Gasteiger partial charge in [-0.15, -0.1) is 0 Å². The van der Waals surface area contributed by atoms with Crippen molar-refractivity contribution in [1.29, 1.82) is 0 Å². The summed E-state index contributed by atoms with van der Waals surface area (Å²) in [4.78, 5) is 37.8. The Morgan fingerprint density at radius 1 is 0.252 bits per heavy atom. The fourth-order valence-corrected chi connectivity index (χ4v) is 15.2. The van der Waals surface area contributed by atoms with Crippen LogP contribution in [0.4, 0.5) is 0 Å². The molecule has 0 amide bonds. The highest BCUT2D eigenvalue weighted by molar-refractivity contribution is 5.71. The van der Waals surface area contributed by atoms with Crippen molar-refractivity contribution in [2.24, 2.45) is 0 Å². The summed E-state index contributed by atoms with van der Waals surface area (Å²) in [6.07, 6.45) is 106. The second-order valence-electron chi connectivity index (χ2n) is 34.1. The topological polar surface area (TPSA) is 108 Å². The summed E-state index contributed by atoms with van der Waals surface area (Å²) in [7, 11) is 6.01. The van der Waals surface area contributed by atoms with Crippen molar-refractivity contribution in [3.63, 3.8) is 0 Å². The van der Waals surface area contributed by atoms with Crippen molar-refractivity contribution < 1.29 is 42.9 Å². The summed E-state index contributed by atoms with van der Waals surface area (Å²) in [5, 5.41) is 9.80. The summed E-state index contributed by atoms with van der Waals surface area (Å²) in [5.74, 6) is -1.96. The Morgan fingerprint density at radius 2 is 0.437 bits per heavy atom. The standard InChI is InChI=1S/C94H185NO8/c1-6-8-10-12-14-16-18-20-22-24-26-28-30-32-34-36-38-40-42-44-46-48-50-52-54-56-58-60-62-64-66-68-70-72-74-76-78-80-82-84-91(96)101-88-90(89-102-94(93(98)99)100-87-86-95(3,4)5)103-92(97)85-83-81-79-77-75-73-71-69-67-65-63-61-59-57-55-53-51-49-47-45-43-41-39-37-35-33-31-29-27-25-23-21-19-17-15-13-11-9-7-2/h90,94H,6-89H2,1-5H3/p+1. The van der Waals surface area contributed by atoms with Gasteiger partial charge in [0.1, 0.15) is 13.2 Å². The molecule has 0 spiro atoms. The molecular weight excluding hydrogens is 1270 g/mol. The minimum absolute atomic E-state index is 0.171. The summed E-state index contributed by atoms with van der Waals surface area (Å²) >= 11 is 0. The predicted octanol–water partition coefficient (Wildman–Crippen LogP) is 30.8. The van der Waals surface area contributed by atoms with E-state index in [1.54, 1.807) is 0 Å². The van der Waals surface area contributed by atoms with Gasteiger partial charge in [-0.3, -0.25) is 9.59 Å². The Kier molecular flexibility index (Phi) is 84.5. The van der Waals surface area contributed by atoms with Gasteiger partial charge >= 0.3 is 17.9 Å². The van der Waals surface area contributed by atoms with Gasteiger partial charge in [-0.25, -0.2) is 4.79 Å². The molecule has 0 bridgehead atoms. The monoisotopic (exact) mass is 1460 g/mol. The van der Waals surface area contributed by atoms with Crippen LogP contribution in [0.25, 0.3) is 0 Å². The lowest BCUT2D eigenvalue weighted by molar-refractivity contribution is -0.870. The van der Waals surface area contributed by atoms with Gasteiger partial charge in [-0.1, -0.05) is 502 Å². The number of carbonyl (C=O) groups is 3. The van der Waals surface area contributed by atoms with Crippen molar-refractivity contribution in [2.75, 3.05) is 47.5 Å². The zero-order chi connectivity index (χ0) is 74.6. The van der Waals surface area contributed by atoms with E-state index in [0.29, 0.717) is 17.4 Å². The molecule has 9 nitrogen and oxygen atoms in total. The highest BCUT2D eigenvalue weighted by Crippen LogP contribution is 2.22. The first kappa shape index (κ1) is 101. The zero-order valence-corrected chi connectivity index (χ0v) is 70.8. The highest BCUT2D eigenvalue weighted by Gasteiger charge is 2.25.